The summed E-state index contributed by atoms with van der Waals surface area (Å²) in [4.78, 5) is 0. The average molecular weight is 344 g/mol. The van der Waals surface area contributed by atoms with Crippen LogP contribution in [0.2, 0.25) is 0 Å². The average Bonchev–Trinajstić information content (AvgIpc) is 2.65. The normalized spacial score (nSPS) is 12.4. The van der Waals surface area contributed by atoms with E-state index in [1.54, 1.807) is 0 Å². The van der Waals surface area contributed by atoms with Gasteiger partial charge in [0.15, 0.2) is 0 Å². The molecular weight excluding hydrogens is 327 g/mol. The third kappa shape index (κ3) is 5.90. The van der Waals surface area contributed by atoms with Crippen LogP contribution in [-0.4, -0.2) is 34.2 Å². The van der Waals surface area contributed by atoms with Gasteiger partial charge in [-0.3, -0.25) is 0 Å². The summed E-state index contributed by atoms with van der Waals surface area (Å²) < 4.78 is 42.3. The molecule has 0 saturated carbocycles. The van der Waals surface area contributed by atoms with Crippen molar-refractivity contribution in [3.8, 4) is 0 Å². The zero-order chi connectivity index (χ0) is 14.5. The van der Waals surface area contributed by atoms with E-state index in [0.29, 0.717) is 23.5 Å². The summed E-state index contributed by atoms with van der Waals surface area (Å²) in [5.74, 6) is 1.84. The molecule has 0 aliphatic carbocycles. The highest BCUT2D eigenvalue weighted by atomic mass is 79.9. The topological polar surface area (TPSA) is 39.9 Å². The number of aromatic nitrogens is 3. The molecule has 110 valence electrons. The highest BCUT2D eigenvalue weighted by Crippen LogP contribution is 2.15. The van der Waals surface area contributed by atoms with Crippen molar-refractivity contribution in [1.29, 1.82) is 0 Å². The van der Waals surface area contributed by atoms with Crippen molar-refractivity contribution in [2.45, 2.75) is 38.3 Å². The molecule has 1 heterocycles. The van der Waals surface area contributed by atoms with Gasteiger partial charge in [-0.1, -0.05) is 29.8 Å². The fraction of sp³-hybridized carbons (Fsp3) is 0.818. The largest absolute Gasteiger partial charge is 0.411 e. The Labute approximate surface area is 118 Å². The molecule has 1 rings (SSSR count). The molecule has 4 nitrogen and oxygen atoms in total. The van der Waals surface area contributed by atoms with E-state index in [9.17, 15) is 13.2 Å². The quantitative estimate of drug-likeness (QED) is 0.564. The first-order valence-electron chi connectivity index (χ1n) is 5.95. The van der Waals surface area contributed by atoms with E-state index in [1.165, 1.54) is 0 Å². The van der Waals surface area contributed by atoms with Gasteiger partial charge in [0.25, 0.3) is 0 Å². The van der Waals surface area contributed by atoms with Gasteiger partial charge in [0.1, 0.15) is 18.3 Å². The minimum absolute atomic E-state index is 0.0158. The van der Waals surface area contributed by atoms with Crippen LogP contribution in [0.3, 0.4) is 0 Å². The van der Waals surface area contributed by atoms with Crippen LogP contribution in [0.15, 0.2) is 0 Å². The predicted octanol–water partition coefficient (Wildman–Crippen LogP) is 2.95. The fourth-order valence-corrected chi connectivity index (χ4v) is 2.00. The van der Waals surface area contributed by atoms with E-state index in [0.717, 1.165) is 12.4 Å². The van der Waals surface area contributed by atoms with Crippen LogP contribution >= 0.6 is 15.9 Å². The molecule has 1 aromatic rings. The van der Waals surface area contributed by atoms with Crippen LogP contribution in [0.4, 0.5) is 13.2 Å². The molecule has 0 atom stereocenters. The smallest absolute Gasteiger partial charge is 0.372 e. The van der Waals surface area contributed by atoms with Crippen molar-refractivity contribution in [3.63, 3.8) is 0 Å². The van der Waals surface area contributed by atoms with Gasteiger partial charge >= 0.3 is 6.18 Å². The van der Waals surface area contributed by atoms with Crippen LogP contribution < -0.4 is 0 Å². The summed E-state index contributed by atoms with van der Waals surface area (Å²) >= 11 is 3.32. The van der Waals surface area contributed by atoms with Crippen molar-refractivity contribution >= 4 is 15.9 Å². The van der Waals surface area contributed by atoms with Crippen LogP contribution in [0.25, 0.3) is 0 Å². The molecule has 1 aromatic heterocycles. The standard InChI is InChI=1S/C11H17BrF3N3O/c1-8(2)6-18-9(16-17-10(18)5-12)3-4-19-7-11(13,14)15/h8H,3-7H2,1-2H3. The van der Waals surface area contributed by atoms with Gasteiger partial charge in [-0.15, -0.1) is 10.2 Å². The summed E-state index contributed by atoms with van der Waals surface area (Å²) in [6.07, 6.45) is -3.96. The molecule has 0 fully saturated rings. The Morgan fingerprint density at radius 3 is 2.42 bits per heavy atom. The molecule has 0 amide bonds. The Kier molecular flexibility index (Phi) is 6.25. The van der Waals surface area contributed by atoms with E-state index in [1.807, 2.05) is 4.57 Å². The van der Waals surface area contributed by atoms with Crippen molar-refractivity contribution in [2.24, 2.45) is 5.92 Å². The van der Waals surface area contributed by atoms with E-state index in [2.05, 4.69) is 44.7 Å². The van der Waals surface area contributed by atoms with E-state index >= 15 is 0 Å². The van der Waals surface area contributed by atoms with Gasteiger partial charge in [-0.25, -0.2) is 0 Å². The Morgan fingerprint density at radius 1 is 1.26 bits per heavy atom. The van der Waals surface area contributed by atoms with Gasteiger partial charge in [0.2, 0.25) is 0 Å². The maximum Gasteiger partial charge on any atom is 0.411 e. The van der Waals surface area contributed by atoms with Gasteiger partial charge < -0.3 is 9.30 Å². The molecule has 0 unspecified atom stereocenters. The number of nitrogens with zero attached hydrogens (tertiary/aromatic N) is 3. The van der Waals surface area contributed by atoms with Crippen molar-refractivity contribution in [1.82, 2.24) is 14.8 Å². The van der Waals surface area contributed by atoms with Crippen molar-refractivity contribution < 1.29 is 17.9 Å². The van der Waals surface area contributed by atoms with E-state index in [4.69, 9.17) is 0 Å². The zero-order valence-electron chi connectivity index (χ0n) is 10.9. The third-order valence-electron chi connectivity index (χ3n) is 2.31. The second-order valence-electron chi connectivity index (χ2n) is 4.59. The summed E-state index contributed by atoms with van der Waals surface area (Å²) in [5, 5.41) is 8.56. The molecular formula is C11H17BrF3N3O. The monoisotopic (exact) mass is 343 g/mol. The van der Waals surface area contributed by atoms with E-state index in [-0.39, 0.29) is 6.61 Å². The molecule has 0 aromatic carbocycles. The summed E-state index contributed by atoms with van der Waals surface area (Å²) in [5.41, 5.74) is 0. The maximum absolute atomic E-state index is 11.9. The number of alkyl halides is 4. The number of halogens is 4. The Hall–Kier alpha value is -0.630. The highest BCUT2D eigenvalue weighted by molar-refractivity contribution is 9.08. The summed E-state index contributed by atoms with van der Waals surface area (Å²) in [6, 6.07) is 0. The van der Waals surface area contributed by atoms with Crippen molar-refractivity contribution in [3.05, 3.63) is 11.6 Å². The molecule has 0 saturated heterocycles. The molecule has 0 bridgehead atoms. The zero-order valence-corrected chi connectivity index (χ0v) is 12.5. The van der Waals surface area contributed by atoms with Gasteiger partial charge in [0.05, 0.1) is 11.9 Å². The predicted molar refractivity (Wildman–Crippen MR) is 68.1 cm³/mol. The molecule has 0 aliphatic rings. The summed E-state index contributed by atoms with van der Waals surface area (Å²) in [6.45, 7) is 3.61. The summed E-state index contributed by atoms with van der Waals surface area (Å²) in [7, 11) is 0. The molecule has 19 heavy (non-hydrogen) atoms. The lowest BCUT2D eigenvalue weighted by Gasteiger charge is -2.12. The minimum atomic E-state index is -4.29. The SMILES string of the molecule is CC(C)Cn1c(CBr)nnc1CCOCC(F)(F)F. The Morgan fingerprint density at radius 2 is 1.89 bits per heavy atom. The molecule has 0 radical (unpaired) electrons. The number of hydrogen-bond acceptors (Lipinski definition) is 3. The maximum atomic E-state index is 11.9. The Balaban J connectivity index is 2.55. The first kappa shape index (κ1) is 16.4. The van der Waals surface area contributed by atoms with Crippen LogP contribution in [0.1, 0.15) is 25.5 Å². The first-order valence-corrected chi connectivity index (χ1v) is 7.07. The second kappa shape index (κ2) is 7.23. The molecule has 0 aliphatic heterocycles. The first-order chi connectivity index (χ1) is 8.83. The van der Waals surface area contributed by atoms with Gasteiger partial charge in [0, 0.05) is 13.0 Å². The minimum Gasteiger partial charge on any atom is -0.372 e. The lowest BCUT2D eigenvalue weighted by molar-refractivity contribution is -0.173. The second-order valence-corrected chi connectivity index (χ2v) is 5.15. The lowest BCUT2D eigenvalue weighted by atomic mass is 10.2. The van der Waals surface area contributed by atoms with Crippen LogP contribution in [-0.2, 0) is 23.0 Å². The Bertz CT molecular complexity index is 393. The van der Waals surface area contributed by atoms with Crippen LogP contribution in [0.5, 0.6) is 0 Å². The molecule has 8 heteroatoms. The number of hydrogen-bond donors (Lipinski definition) is 0. The highest BCUT2D eigenvalue weighted by Gasteiger charge is 2.27. The molecule has 0 N–H and O–H groups in total. The van der Waals surface area contributed by atoms with Gasteiger partial charge in [-0.05, 0) is 5.92 Å². The van der Waals surface area contributed by atoms with E-state index < -0.39 is 12.8 Å². The van der Waals surface area contributed by atoms with Crippen LogP contribution in [0, 0.1) is 5.92 Å². The number of ether oxygens (including phenoxy) is 1. The molecule has 0 spiro atoms. The number of rotatable bonds is 7. The third-order valence-corrected chi connectivity index (χ3v) is 2.81. The van der Waals surface area contributed by atoms with Crippen molar-refractivity contribution in [2.75, 3.05) is 13.2 Å². The lowest BCUT2D eigenvalue weighted by Crippen LogP contribution is -2.19. The fourth-order valence-electron chi connectivity index (χ4n) is 1.58. The van der Waals surface area contributed by atoms with Gasteiger partial charge in [-0.2, -0.15) is 13.2 Å².